The summed E-state index contributed by atoms with van der Waals surface area (Å²) in [4.78, 5) is 26.0. The van der Waals surface area contributed by atoms with Gasteiger partial charge in [-0.25, -0.2) is 4.98 Å². The second-order valence-corrected chi connectivity index (χ2v) is 7.21. The Balaban J connectivity index is -0.000000880. The van der Waals surface area contributed by atoms with E-state index in [1.165, 1.54) is 0 Å². The number of anilines is 1. The van der Waals surface area contributed by atoms with Crippen LogP contribution in [0.15, 0.2) is 53.6 Å². The zero-order valence-electron chi connectivity index (χ0n) is 22.0. The van der Waals surface area contributed by atoms with Gasteiger partial charge in [0.2, 0.25) is 0 Å². The Morgan fingerprint density at radius 2 is 1.44 bits per heavy atom. The van der Waals surface area contributed by atoms with E-state index in [1.54, 1.807) is 0 Å². The summed E-state index contributed by atoms with van der Waals surface area (Å²) in [5, 5.41) is 46.9. The van der Waals surface area contributed by atoms with Crippen molar-refractivity contribution in [3.8, 4) is 0 Å². The number of amidine groups is 1. The maximum atomic E-state index is 8.47. The van der Waals surface area contributed by atoms with Gasteiger partial charge in [-0.1, -0.05) is 48.4 Å². The van der Waals surface area contributed by atoms with Crippen LogP contribution in [0.3, 0.4) is 0 Å². The number of halogens is 1. The van der Waals surface area contributed by atoms with Gasteiger partial charge in [0.1, 0.15) is 0 Å². The van der Waals surface area contributed by atoms with Gasteiger partial charge in [0, 0.05) is 61.4 Å². The van der Waals surface area contributed by atoms with Gasteiger partial charge in [0.25, 0.3) is 0 Å². The molecule has 0 fully saturated rings. The molecule has 2 aromatic carbocycles. The van der Waals surface area contributed by atoms with Crippen molar-refractivity contribution in [2.75, 3.05) is 44.6 Å². The number of hydrogen-bond acceptors (Lipinski definition) is 12. The fraction of sp³-hybridized carbons (Fsp3) is 0.364. The second kappa shape index (κ2) is 25.0. The molecule has 1 aromatic heterocycles. The fourth-order valence-corrected chi connectivity index (χ4v) is 3.16. The molecule has 3 rings (SSSR count). The van der Waals surface area contributed by atoms with Gasteiger partial charge in [0.05, 0.1) is 32.7 Å². The van der Waals surface area contributed by atoms with E-state index in [-0.39, 0.29) is 33.5 Å². The summed E-state index contributed by atoms with van der Waals surface area (Å²) < 4.78 is 0. The van der Waals surface area contributed by atoms with Gasteiger partial charge in [0.15, 0.2) is 0 Å². The van der Waals surface area contributed by atoms with Crippen molar-refractivity contribution in [1.82, 2.24) is 9.88 Å². The fourth-order valence-electron chi connectivity index (χ4n) is 3.16. The molecule has 0 saturated carbocycles. The van der Waals surface area contributed by atoms with Crippen LogP contribution in [0.25, 0.3) is 32.2 Å². The standard InChI is InChI=1S/C20H23N7.C2H8N2.ClH.2NO3.Pt/c1-2-19(21)27(14-12-24-26-22)13-11-23-20-15-7-3-5-9-17(15)25-18-10-6-4-8-16(18)20;3-1-2-4;;2*2-1(3)4;/h3-10,21H,2,11-14H2,1H3,(H,23,25);1-4H2;1H;;;/q;;;2*-1;+2/p-1. The molecule has 0 bridgehead atoms. The number of nitrogens with zero attached hydrogens (tertiary/aromatic N) is 7. The number of para-hydroxylation sites is 2. The average molecular weight is 776 g/mol. The molecule has 1 heterocycles. The molecule has 0 unspecified atom stereocenters. The molecule has 228 valence electrons. The minimum atomic E-state index is -1.75. The topological polar surface area (TPSA) is 285 Å². The van der Waals surface area contributed by atoms with Crippen molar-refractivity contribution in [3.63, 3.8) is 0 Å². The first-order chi connectivity index (χ1) is 18.6. The first kappa shape index (κ1) is 41.5. The summed E-state index contributed by atoms with van der Waals surface area (Å²) in [6, 6.07) is 16.2. The molecular weight excluding hydrogens is 745 g/mol. The van der Waals surface area contributed by atoms with E-state index in [0.29, 0.717) is 51.5 Å². The predicted octanol–water partition coefficient (Wildman–Crippen LogP) is 0.227. The largest absolute Gasteiger partial charge is 2.00 e. The van der Waals surface area contributed by atoms with Crippen LogP contribution in [0.2, 0.25) is 0 Å². The van der Waals surface area contributed by atoms with Gasteiger partial charge in [-0.3, -0.25) is 5.41 Å². The zero-order valence-corrected chi connectivity index (χ0v) is 25.0. The van der Waals surface area contributed by atoms with Crippen molar-refractivity contribution < 1.29 is 43.6 Å². The van der Waals surface area contributed by atoms with E-state index >= 15 is 0 Å². The van der Waals surface area contributed by atoms with Crippen LogP contribution >= 0.6 is 0 Å². The number of rotatable bonds is 9. The van der Waals surface area contributed by atoms with E-state index in [0.717, 1.165) is 27.5 Å². The second-order valence-electron chi connectivity index (χ2n) is 7.21. The quantitative estimate of drug-likeness (QED) is 0.0333. The Labute approximate surface area is 255 Å². The van der Waals surface area contributed by atoms with Crippen LogP contribution in [0, 0.1) is 36.1 Å². The molecule has 0 radical (unpaired) electrons. The van der Waals surface area contributed by atoms with Crippen LogP contribution < -0.4 is 29.2 Å². The minimum Gasteiger partial charge on any atom is -1.00 e. The summed E-state index contributed by atoms with van der Waals surface area (Å²) in [5.74, 6) is 0.550. The summed E-state index contributed by atoms with van der Waals surface area (Å²) in [5.41, 5.74) is 21.3. The molecule has 6 N–H and O–H groups in total. The van der Waals surface area contributed by atoms with Gasteiger partial charge in [-0.2, -0.15) is 0 Å². The molecule has 3 aromatic rings. The number of nitrogens with two attached hydrogens (primary N) is 2. The third kappa shape index (κ3) is 18.1. The summed E-state index contributed by atoms with van der Waals surface area (Å²) in [7, 11) is 0. The van der Waals surface area contributed by atoms with Crippen molar-refractivity contribution in [1.29, 1.82) is 5.41 Å². The Kier molecular flexibility index (Phi) is 25.3. The smallest absolute Gasteiger partial charge is 1.00 e. The summed E-state index contributed by atoms with van der Waals surface area (Å²) >= 11 is 0. The molecule has 0 aliphatic heterocycles. The molecule has 19 heteroatoms. The number of nitrogens with one attached hydrogen (secondary N) is 2. The molecule has 17 nitrogen and oxygen atoms in total. The third-order valence-corrected chi connectivity index (χ3v) is 4.69. The van der Waals surface area contributed by atoms with Gasteiger partial charge >= 0.3 is 21.1 Å². The van der Waals surface area contributed by atoms with Crippen LogP contribution in [0.5, 0.6) is 0 Å². The van der Waals surface area contributed by atoms with Crippen molar-refractivity contribution >= 4 is 33.3 Å². The molecule has 0 aliphatic rings. The van der Waals surface area contributed by atoms with E-state index in [4.69, 9.17) is 58.0 Å². The predicted molar refractivity (Wildman–Crippen MR) is 150 cm³/mol. The van der Waals surface area contributed by atoms with E-state index < -0.39 is 10.2 Å². The number of benzene rings is 2. The molecule has 0 amide bonds. The normalized spacial score (nSPS) is 8.85. The van der Waals surface area contributed by atoms with Crippen molar-refractivity contribution in [3.05, 3.63) is 89.6 Å². The van der Waals surface area contributed by atoms with Crippen molar-refractivity contribution in [2.45, 2.75) is 13.3 Å². The first-order valence-electron chi connectivity index (χ1n) is 11.5. The molecule has 0 saturated heterocycles. The molecular formula is C22H31ClN11O6Pt-. The average Bonchev–Trinajstić information content (AvgIpc) is 2.91. The van der Waals surface area contributed by atoms with Gasteiger partial charge in [-0.15, -0.1) is 0 Å². The van der Waals surface area contributed by atoms with Crippen molar-refractivity contribution in [2.24, 2.45) is 16.6 Å². The van der Waals surface area contributed by atoms with Gasteiger partial charge < -0.3 is 64.7 Å². The Morgan fingerprint density at radius 3 is 1.83 bits per heavy atom. The maximum absolute atomic E-state index is 8.47. The maximum Gasteiger partial charge on any atom is 2.00 e. The summed E-state index contributed by atoms with van der Waals surface area (Å²) in [6.07, 6.45) is 0.650. The Morgan fingerprint density at radius 1 is 1.00 bits per heavy atom. The number of pyridine rings is 1. The van der Waals surface area contributed by atoms with Gasteiger partial charge in [-0.05, 0) is 17.7 Å². The Bertz CT molecular complexity index is 1180. The van der Waals surface area contributed by atoms with E-state index in [1.807, 2.05) is 48.2 Å². The van der Waals surface area contributed by atoms with E-state index in [2.05, 4.69) is 27.5 Å². The van der Waals surface area contributed by atoms with E-state index in [9.17, 15) is 0 Å². The molecule has 41 heavy (non-hydrogen) atoms. The van der Waals surface area contributed by atoms with Crippen LogP contribution in [0.4, 0.5) is 5.69 Å². The van der Waals surface area contributed by atoms with Crippen LogP contribution in [-0.4, -0.2) is 65.2 Å². The minimum absolute atomic E-state index is 0. The molecule has 0 aliphatic carbocycles. The number of aromatic nitrogens is 1. The number of hydrogen-bond donors (Lipinski definition) is 4. The zero-order chi connectivity index (χ0) is 29.6. The molecule has 0 spiro atoms. The monoisotopic (exact) mass is 775 g/mol. The number of fused-ring (bicyclic) bond motifs is 2. The third-order valence-electron chi connectivity index (χ3n) is 4.69. The first-order valence-corrected chi connectivity index (χ1v) is 11.5. The van der Waals surface area contributed by atoms with Crippen LogP contribution in [-0.2, 0) is 21.1 Å². The van der Waals surface area contributed by atoms with Crippen LogP contribution in [0.1, 0.15) is 13.3 Å². The SMILES string of the molecule is CCC(=N)N(CCN=[N+]=[N-])CCNc1c2ccccc2nc2ccccc12.NCCN.O=[N+]([O-])[O-].O=[N+]([O-])[O-].[Cl-].[Pt+2]. The Hall–Kier alpha value is -4.01. The number of azide groups is 1. The molecule has 0 atom stereocenters. The summed E-state index contributed by atoms with van der Waals surface area (Å²) in [6.45, 7) is 5.41.